The van der Waals surface area contributed by atoms with Crippen LogP contribution in [-0.2, 0) is 15.7 Å². The Labute approximate surface area is 173 Å². The number of ether oxygens (including phenoxy) is 3. The predicted octanol–water partition coefficient (Wildman–Crippen LogP) is 4.31. The summed E-state index contributed by atoms with van der Waals surface area (Å²) in [5.41, 5.74) is -1.41. The molecule has 2 atom stereocenters. The van der Waals surface area contributed by atoms with E-state index in [4.69, 9.17) is 14.2 Å². The number of amides is 1. The summed E-state index contributed by atoms with van der Waals surface area (Å²) in [6, 6.07) is 2.22. The second-order valence-electron chi connectivity index (χ2n) is 8.68. The van der Waals surface area contributed by atoms with E-state index in [1.807, 2.05) is 0 Å². The summed E-state index contributed by atoms with van der Waals surface area (Å²) in [4.78, 5) is 27.4. The fourth-order valence-electron chi connectivity index (χ4n) is 4.03. The van der Waals surface area contributed by atoms with Gasteiger partial charge in [-0.1, -0.05) is 0 Å². The molecule has 0 aromatic heterocycles. The van der Waals surface area contributed by atoms with Gasteiger partial charge in [-0.3, -0.25) is 9.69 Å². The van der Waals surface area contributed by atoms with Crippen LogP contribution in [0.15, 0.2) is 18.2 Å². The van der Waals surface area contributed by atoms with Crippen molar-refractivity contribution in [2.75, 3.05) is 20.3 Å². The maximum absolute atomic E-state index is 13.1. The number of carbonyl (C=O) groups excluding carboxylic acids is 2. The third-order valence-corrected chi connectivity index (χ3v) is 5.29. The Morgan fingerprint density at radius 2 is 1.70 bits per heavy atom. The number of rotatable bonds is 3. The van der Waals surface area contributed by atoms with Crippen LogP contribution >= 0.6 is 0 Å². The lowest BCUT2D eigenvalue weighted by molar-refractivity contribution is -0.137. The molecule has 9 heteroatoms. The summed E-state index contributed by atoms with van der Waals surface area (Å²) < 4.78 is 55.1. The summed E-state index contributed by atoms with van der Waals surface area (Å²) in [7, 11) is 1.24. The smallest absolute Gasteiger partial charge is 0.416 e. The van der Waals surface area contributed by atoms with Gasteiger partial charge in [0.1, 0.15) is 11.4 Å². The Morgan fingerprint density at radius 3 is 2.20 bits per heavy atom. The minimum Gasteiger partial charge on any atom is -0.496 e. The van der Waals surface area contributed by atoms with Crippen molar-refractivity contribution in [3.8, 4) is 5.75 Å². The van der Waals surface area contributed by atoms with Gasteiger partial charge in [0.2, 0.25) is 0 Å². The van der Waals surface area contributed by atoms with Gasteiger partial charge in [-0.15, -0.1) is 0 Å². The van der Waals surface area contributed by atoms with Crippen LogP contribution < -0.4 is 4.74 Å². The highest BCUT2D eigenvalue weighted by atomic mass is 19.4. The largest absolute Gasteiger partial charge is 0.496 e. The normalized spacial score (nSPS) is 24.4. The average molecular weight is 429 g/mol. The van der Waals surface area contributed by atoms with E-state index in [0.29, 0.717) is 12.8 Å². The van der Waals surface area contributed by atoms with Gasteiger partial charge in [0.05, 0.1) is 43.5 Å². The van der Waals surface area contributed by atoms with E-state index in [9.17, 15) is 22.8 Å². The summed E-state index contributed by atoms with van der Waals surface area (Å²) in [5.74, 6) is -0.847. The van der Waals surface area contributed by atoms with Crippen molar-refractivity contribution in [3.05, 3.63) is 29.3 Å². The molecule has 2 unspecified atom stereocenters. The van der Waals surface area contributed by atoms with Crippen LogP contribution in [0.1, 0.15) is 49.5 Å². The fourth-order valence-corrected chi connectivity index (χ4v) is 4.03. The second-order valence-corrected chi connectivity index (χ2v) is 8.68. The van der Waals surface area contributed by atoms with Crippen LogP contribution in [0.3, 0.4) is 0 Å². The van der Waals surface area contributed by atoms with Crippen LogP contribution in [0, 0.1) is 5.92 Å². The molecular weight excluding hydrogens is 403 g/mol. The van der Waals surface area contributed by atoms with Gasteiger partial charge in [0, 0.05) is 5.92 Å². The van der Waals surface area contributed by atoms with Crippen molar-refractivity contribution >= 4 is 11.9 Å². The number of halogens is 3. The Hall–Kier alpha value is -2.29. The monoisotopic (exact) mass is 429 g/mol. The first-order valence-electron chi connectivity index (χ1n) is 9.79. The van der Waals surface area contributed by atoms with Gasteiger partial charge < -0.3 is 14.2 Å². The molecule has 2 aliphatic heterocycles. The number of carbonyl (C=O) groups is 2. The first-order valence-corrected chi connectivity index (χ1v) is 9.79. The highest BCUT2D eigenvalue weighted by molar-refractivity contribution is 6.00. The SMILES string of the molecule is COc1cc(C(F)(F)F)ccc1C(=O)C1CC2COCC(C1)N2C(=O)OC(C)(C)C. The minimum absolute atomic E-state index is 0.106. The predicted molar refractivity (Wildman–Crippen MR) is 102 cm³/mol. The molecule has 2 fully saturated rings. The van der Waals surface area contributed by atoms with E-state index < -0.39 is 29.4 Å². The molecule has 2 bridgehead atoms. The van der Waals surface area contributed by atoms with Crippen LogP contribution in [0.4, 0.5) is 18.0 Å². The lowest BCUT2D eigenvalue weighted by atomic mass is 9.80. The number of ketones is 1. The van der Waals surface area contributed by atoms with Gasteiger partial charge >= 0.3 is 12.3 Å². The Kier molecular flexibility index (Phi) is 6.04. The number of fused-ring (bicyclic) bond motifs is 2. The molecule has 3 rings (SSSR count). The zero-order chi connectivity index (χ0) is 22.3. The van der Waals surface area contributed by atoms with Crippen LogP contribution in [0.25, 0.3) is 0 Å². The summed E-state index contributed by atoms with van der Waals surface area (Å²) in [6.45, 7) is 5.91. The summed E-state index contributed by atoms with van der Waals surface area (Å²) >= 11 is 0. The summed E-state index contributed by atoms with van der Waals surface area (Å²) in [5, 5.41) is 0. The van der Waals surface area contributed by atoms with Gasteiger partial charge in [0.15, 0.2) is 5.78 Å². The number of Topliss-reactive ketones (excluding diaryl/α,β-unsaturated/α-hetero) is 1. The number of piperidine rings is 1. The maximum atomic E-state index is 13.1. The third kappa shape index (κ3) is 4.71. The molecule has 30 heavy (non-hydrogen) atoms. The van der Waals surface area contributed by atoms with Crippen molar-refractivity contribution < 1.29 is 37.0 Å². The van der Waals surface area contributed by atoms with E-state index in [1.54, 1.807) is 25.7 Å². The molecule has 1 aromatic carbocycles. The van der Waals surface area contributed by atoms with Crippen molar-refractivity contribution in [1.82, 2.24) is 4.90 Å². The number of nitrogens with zero attached hydrogens (tertiary/aromatic N) is 1. The van der Waals surface area contributed by atoms with Gasteiger partial charge in [-0.2, -0.15) is 13.2 Å². The molecule has 2 heterocycles. The quantitative estimate of drug-likeness (QED) is 0.670. The maximum Gasteiger partial charge on any atom is 0.416 e. The number of morpholine rings is 1. The number of hydrogen-bond acceptors (Lipinski definition) is 5. The zero-order valence-electron chi connectivity index (χ0n) is 17.4. The van der Waals surface area contributed by atoms with Crippen LogP contribution in [-0.4, -0.2) is 54.8 Å². The third-order valence-electron chi connectivity index (χ3n) is 5.29. The van der Waals surface area contributed by atoms with Gasteiger partial charge in [0.25, 0.3) is 0 Å². The van der Waals surface area contributed by atoms with E-state index in [0.717, 1.165) is 18.2 Å². The fraction of sp³-hybridized carbons (Fsp3) is 0.619. The molecule has 166 valence electrons. The molecular formula is C21H26F3NO5. The van der Waals surface area contributed by atoms with Crippen molar-refractivity contribution in [2.24, 2.45) is 5.92 Å². The van der Waals surface area contributed by atoms with Crippen molar-refractivity contribution in [2.45, 2.75) is 57.5 Å². The zero-order valence-corrected chi connectivity index (χ0v) is 17.4. The first-order chi connectivity index (χ1) is 13.9. The van der Waals surface area contributed by atoms with E-state index in [1.165, 1.54) is 7.11 Å². The van der Waals surface area contributed by atoms with Crippen LogP contribution in [0.2, 0.25) is 0 Å². The molecule has 0 radical (unpaired) electrons. The highest BCUT2D eigenvalue weighted by Gasteiger charge is 2.45. The Morgan fingerprint density at radius 1 is 1.10 bits per heavy atom. The lowest BCUT2D eigenvalue weighted by Gasteiger charge is -2.47. The van der Waals surface area contributed by atoms with Gasteiger partial charge in [-0.25, -0.2) is 4.79 Å². The molecule has 0 N–H and O–H groups in total. The molecule has 1 aromatic rings. The topological polar surface area (TPSA) is 65.1 Å². The number of alkyl halides is 3. The van der Waals surface area contributed by atoms with E-state index in [2.05, 4.69) is 0 Å². The second kappa shape index (κ2) is 8.09. The molecule has 2 saturated heterocycles. The number of benzene rings is 1. The molecule has 0 aliphatic carbocycles. The minimum atomic E-state index is -4.53. The molecule has 2 aliphatic rings. The average Bonchev–Trinajstić information content (AvgIpc) is 2.63. The standard InChI is InChI=1S/C21H26F3NO5/c1-20(2,3)30-19(27)25-14-7-12(8-15(25)11-29-10-14)18(26)16-6-5-13(21(22,23)24)9-17(16)28-4/h5-6,9,12,14-15H,7-8,10-11H2,1-4H3. The Balaban J connectivity index is 1.80. The van der Waals surface area contributed by atoms with Crippen molar-refractivity contribution in [3.63, 3.8) is 0 Å². The van der Waals surface area contributed by atoms with Crippen LogP contribution in [0.5, 0.6) is 5.75 Å². The van der Waals surface area contributed by atoms with Crippen molar-refractivity contribution in [1.29, 1.82) is 0 Å². The van der Waals surface area contributed by atoms with E-state index in [-0.39, 0.29) is 42.4 Å². The number of methoxy groups -OCH3 is 1. The lowest BCUT2D eigenvalue weighted by Crippen LogP contribution is -2.60. The summed E-state index contributed by atoms with van der Waals surface area (Å²) in [6.07, 6.45) is -4.28. The molecule has 1 amide bonds. The molecule has 6 nitrogen and oxygen atoms in total. The first kappa shape index (κ1) is 22.4. The van der Waals surface area contributed by atoms with Gasteiger partial charge in [-0.05, 0) is 51.8 Å². The highest BCUT2D eigenvalue weighted by Crippen LogP contribution is 2.38. The number of hydrogen-bond donors (Lipinski definition) is 0. The Bertz CT molecular complexity index is 804. The molecule has 0 spiro atoms. The molecule has 0 saturated carbocycles. The van der Waals surface area contributed by atoms with E-state index >= 15 is 0 Å².